The molecule has 7 nitrogen and oxygen atoms in total. The second-order valence-electron chi connectivity index (χ2n) is 11.9. The molecule has 7 rings (SSSR count). The molecule has 2 N–H and O–H groups in total. The largest absolute Gasteiger partial charge is 0.385 e. The number of amides is 2. The highest BCUT2D eigenvalue weighted by Crippen LogP contribution is 2.50. The SMILES string of the molecule is CC1c2ccc(NCC3CC(n4cc(C5CC5)c(C5CC5)n4)C3)cc2C(=O)C1C1CCC(=O)NC1=O. The summed E-state index contributed by atoms with van der Waals surface area (Å²) in [6.45, 7) is 2.92. The summed E-state index contributed by atoms with van der Waals surface area (Å²) in [6, 6.07) is 6.58. The van der Waals surface area contributed by atoms with Crippen LogP contribution >= 0.6 is 0 Å². The van der Waals surface area contributed by atoms with Gasteiger partial charge in [-0.05, 0) is 86.0 Å². The van der Waals surface area contributed by atoms with E-state index < -0.39 is 5.92 Å². The molecule has 1 aromatic heterocycles. The minimum Gasteiger partial charge on any atom is -0.385 e. The van der Waals surface area contributed by atoms with Crippen LogP contribution in [0.5, 0.6) is 0 Å². The summed E-state index contributed by atoms with van der Waals surface area (Å²) in [6.07, 6.45) is 10.7. The Morgan fingerprint density at radius 3 is 2.53 bits per heavy atom. The molecule has 7 heteroatoms. The van der Waals surface area contributed by atoms with Gasteiger partial charge in [-0.25, -0.2) is 0 Å². The van der Waals surface area contributed by atoms with Gasteiger partial charge in [-0.3, -0.25) is 24.4 Å². The zero-order chi connectivity index (χ0) is 24.6. The summed E-state index contributed by atoms with van der Waals surface area (Å²) in [5.41, 5.74) is 5.64. The first kappa shape index (κ1) is 22.3. The molecule has 3 atom stereocenters. The number of rotatable bonds is 7. The lowest BCUT2D eigenvalue weighted by atomic mass is 9.78. The molecule has 1 aromatic carbocycles. The van der Waals surface area contributed by atoms with Crippen LogP contribution in [0.2, 0.25) is 0 Å². The molecule has 5 aliphatic rings. The number of imide groups is 1. The van der Waals surface area contributed by atoms with Gasteiger partial charge in [-0.2, -0.15) is 5.10 Å². The van der Waals surface area contributed by atoms with E-state index in [9.17, 15) is 14.4 Å². The van der Waals surface area contributed by atoms with Gasteiger partial charge in [0.2, 0.25) is 11.8 Å². The van der Waals surface area contributed by atoms with Gasteiger partial charge >= 0.3 is 0 Å². The minimum absolute atomic E-state index is 0.0203. The second-order valence-corrected chi connectivity index (χ2v) is 11.9. The fourth-order valence-corrected chi connectivity index (χ4v) is 6.80. The van der Waals surface area contributed by atoms with Gasteiger partial charge in [0.1, 0.15) is 0 Å². The number of nitrogens with zero attached hydrogens (tertiary/aromatic N) is 2. The maximum Gasteiger partial charge on any atom is 0.230 e. The Labute approximate surface area is 211 Å². The molecule has 0 radical (unpaired) electrons. The molecule has 1 aliphatic heterocycles. The number of hydrogen-bond donors (Lipinski definition) is 2. The number of aromatic nitrogens is 2. The van der Waals surface area contributed by atoms with Crippen LogP contribution < -0.4 is 10.6 Å². The molecular weight excluding hydrogens is 452 g/mol. The third-order valence-corrected chi connectivity index (χ3v) is 9.32. The predicted molar refractivity (Wildman–Crippen MR) is 135 cm³/mol. The average Bonchev–Trinajstić information content (AvgIpc) is 3.77. The molecule has 4 fully saturated rings. The van der Waals surface area contributed by atoms with Gasteiger partial charge in [-0.15, -0.1) is 0 Å². The number of carbonyl (C=O) groups excluding carboxylic acids is 3. The molecule has 36 heavy (non-hydrogen) atoms. The van der Waals surface area contributed by atoms with Crippen molar-refractivity contribution in [1.29, 1.82) is 0 Å². The van der Waals surface area contributed by atoms with Crippen LogP contribution in [0.15, 0.2) is 24.4 Å². The quantitative estimate of drug-likeness (QED) is 0.555. The van der Waals surface area contributed by atoms with E-state index in [1.165, 1.54) is 36.9 Å². The van der Waals surface area contributed by atoms with Crippen LogP contribution in [0, 0.1) is 17.8 Å². The fraction of sp³-hybridized carbons (Fsp3) is 0.586. The van der Waals surface area contributed by atoms with Gasteiger partial charge in [-0.1, -0.05) is 13.0 Å². The number of nitrogens with one attached hydrogen (secondary N) is 2. The average molecular weight is 487 g/mol. The van der Waals surface area contributed by atoms with E-state index >= 15 is 0 Å². The molecule has 188 valence electrons. The Hall–Kier alpha value is -2.96. The number of piperidine rings is 1. The topological polar surface area (TPSA) is 93.1 Å². The van der Waals surface area contributed by atoms with Crippen LogP contribution in [0.1, 0.15) is 109 Å². The summed E-state index contributed by atoms with van der Waals surface area (Å²) in [5, 5.41) is 11.0. The zero-order valence-corrected chi connectivity index (χ0v) is 20.8. The highest BCUT2D eigenvalue weighted by Gasteiger charge is 2.46. The van der Waals surface area contributed by atoms with Crippen LogP contribution in [0.3, 0.4) is 0 Å². The lowest BCUT2D eigenvalue weighted by molar-refractivity contribution is -0.137. The molecule has 0 bridgehead atoms. The molecule has 2 heterocycles. The molecule has 3 unspecified atom stereocenters. The van der Waals surface area contributed by atoms with Crippen molar-refractivity contribution in [2.24, 2.45) is 17.8 Å². The summed E-state index contributed by atoms with van der Waals surface area (Å²) in [4.78, 5) is 37.3. The number of anilines is 1. The lowest BCUT2D eigenvalue weighted by Gasteiger charge is -2.35. The number of benzene rings is 1. The summed E-state index contributed by atoms with van der Waals surface area (Å²) in [5.74, 6) is 0.764. The normalized spacial score (nSPS) is 31.7. The van der Waals surface area contributed by atoms with E-state index in [0.29, 0.717) is 24.8 Å². The molecule has 0 spiro atoms. The number of ketones is 1. The van der Waals surface area contributed by atoms with Gasteiger partial charge in [0, 0.05) is 48.2 Å². The van der Waals surface area contributed by atoms with E-state index in [2.05, 4.69) is 27.6 Å². The van der Waals surface area contributed by atoms with Crippen LogP contribution in [-0.2, 0) is 9.59 Å². The number of hydrogen-bond acceptors (Lipinski definition) is 5. The monoisotopic (exact) mass is 486 g/mol. The van der Waals surface area contributed by atoms with Crippen molar-refractivity contribution in [3.8, 4) is 0 Å². The first-order chi connectivity index (χ1) is 17.5. The molecule has 4 aliphatic carbocycles. The molecule has 3 saturated carbocycles. The maximum absolute atomic E-state index is 13.3. The Balaban J connectivity index is 0.974. The Bertz CT molecular complexity index is 1220. The molecular formula is C29H34N4O3. The smallest absolute Gasteiger partial charge is 0.230 e. The van der Waals surface area contributed by atoms with Crippen LogP contribution in [-0.4, -0.2) is 33.9 Å². The van der Waals surface area contributed by atoms with E-state index in [4.69, 9.17) is 5.10 Å². The van der Waals surface area contributed by atoms with Crippen molar-refractivity contribution >= 4 is 23.3 Å². The van der Waals surface area contributed by atoms with Crippen molar-refractivity contribution in [3.63, 3.8) is 0 Å². The van der Waals surface area contributed by atoms with Crippen molar-refractivity contribution < 1.29 is 14.4 Å². The molecule has 1 saturated heterocycles. The van der Waals surface area contributed by atoms with E-state index in [1.807, 2.05) is 19.1 Å². The van der Waals surface area contributed by atoms with Crippen LogP contribution in [0.25, 0.3) is 0 Å². The first-order valence-electron chi connectivity index (χ1n) is 13.8. The van der Waals surface area contributed by atoms with Gasteiger partial charge in [0.15, 0.2) is 5.78 Å². The Morgan fingerprint density at radius 2 is 1.81 bits per heavy atom. The van der Waals surface area contributed by atoms with Crippen molar-refractivity contribution in [1.82, 2.24) is 15.1 Å². The van der Waals surface area contributed by atoms with Crippen molar-refractivity contribution in [3.05, 3.63) is 46.8 Å². The third-order valence-electron chi connectivity index (χ3n) is 9.32. The fourth-order valence-electron chi connectivity index (χ4n) is 6.80. The number of Topliss-reactive ketones (excluding diaryl/α,β-unsaturated/α-hetero) is 1. The third kappa shape index (κ3) is 3.78. The second kappa shape index (κ2) is 8.29. The highest BCUT2D eigenvalue weighted by atomic mass is 16.2. The first-order valence-corrected chi connectivity index (χ1v) is 13.8. The lowest BCUT2D eigenvalue weighted by Crippen LogP contribution is -2.45. The zero-order valence-electron chi connectivity index (χ0n) is 20.8. The minimum atomic E-state index is -0.427. The van der Waals surface area contributed by atoms with Gasteiger partial charge in [0.05, 0.1) is 11.7 Å². The molecule has 2 aromatic rings. The number of carbonyl (C=O) groups is 3. The summed E-state index contributed by atoms with van der Waals surface area (Å²) >= 11 is 0. The maximum atomic E-state index is 13.3. The summed E-state index contributed by atoms with van der Waals surface area (Å²) in [7, 11) is 0. The van der Waals surface area contributed by atoms with Gasteiger partial charge in [0.25, 0.3) is 0 Å². The van der Waals surface area contributed by atoms with Crippen molar-refractivity contribution in [2.45, 2.75) is 82.1 Å². The van der Waals surface area contributed by atoms with Crippen molar-refractivity contribution in [2.75, 3.05) is 11.9 Å². The van der Waals surface area contributed by atoms with E-state index in [1.54, 1.807) is 0 Å². The van der Waals surface area contributed by atoms with E-state index in [-0.39, 0.29) is 29.4 Å². The Kier molecular flexibility index (Phi) is 5.12. The Morgan fingerprint density at radius 1 is 1.03 bits per heavy atom. The summed E-state index contributed by atoms with van der Waals surface area (Å²) < 4.78 is 2.27. The van der Waals surface area contributed by atoms with Gasteiger partial charge < -0.3 is 5.32 Å². The van der Waals surface area contributed by atoms with Crippen LogP contribution in [0.4, 0.5) is 5.69 Å². The highest BCUT2D eigenvalue weighted by molar-refractivity contribution is 6.08. The predicted octanol–water partition coefficient (Wildman–Crippen LogP) is 4.67. The number of fused-ring (bicyclic) bond motifs is 1. The molecule has 2 amide bonds. The van der Waals surface area contributed by atoms with E-state index in [0.717, 1.165) is 48.0 Å². The standard InChI is InChI=1S/C29H34N4O3/c1-15-21-7-6-19(12-23(21)28(35)26(15)22-8-9-25(34)31-29(22)36)30-13-16-10-20(11-16)33-14-24(17-2-3-17)27(32-33)18-4-5-18/h6-7,12,14-18,20,22,26,30H,2-5,8-11,13H2,1H3,(H,31,34,36).